The van der Waals surface area contributed by atoms with E-state index in [0.717, 1.165) is 23.1 Å². The van der Waals surface area contributed by atoms with Gasteiger partial charge in [-0.15, -0.1) is 0 Å². The normalized spacial score (nSPS) is 23.9. The summed E-state index contributed by atoms with van der Waals surface area (Å²) >= 11 is 0. The molecule has 262 valence electrons. The Morgan fingerprint density at radius 3 is 2.47 bits per heavy atom. The second-order valence-electron chi connectivity index (χ2n) is 13.9. The molecule has 0 unspecified atom stereocenters. The van der Waals surface area contributed by atoms with E-state index >= 15 is 0 Å². The maximum absolute atomic E-state index is 14.2. The highest BCUT2D eigenvalue weighted by molar-refractivity contribution is 6.10. The molecular formula is C41H51NO7. The van der Waals surface area contributed by atoms with Gasteiger partial charge in [0, 0.05) is 28.2 Å². The van der Waals surface area contributed by atoms with Gasteiger partial charge in [0.2, 0.25) is 0 Å². The Morgan fingerprint density at radius 2 is 1.76 bits per heavy atom. The lowest BCUT2D eigenvalue weighted by atomic mass is 9.64. The van der Waals surface area contributed by atoms with Crippen LogP contribution in [-0.2, 0) is 17.7 Å². The molecule has 0 saturated heterocycles. The minimum Gasteiger partial charge on any atom is -0.497 e. The van der Waals surface area contributed by atoms with E-state index in [1.165, 1.54) is 5.57 Å². The summed E-state index contributed by atoms with van der Waals surface area (Å²) in [6.07, 6.45) is 5.44. The first kappa shape index (κ1) is 36.1. The molecule has 3 aromatic carbocycles. The van der Waals surface area contributed by atoms with Gasteiger partial charge in [-0.1, -0.05) is 61.0 Å². The number of hydrogen-bond acceptors (Lipinski definition) is 7. The lowest BCUT2D eigenvalue weighted by molar-refractivity contribution is -0.0821. The fraction of sp³-hybridized carbons (Fsp3) is 0.463. The molecule has 3 aliphatic carbocycles. The smallest absolute Gasteiger partial charge is 0.410 e. The van der Waals surface area contributed by atoms with Crippen molar-refractivity contribution in [3.63, 3.8) is 0 Å². The molecule has 8 heteroatoms. The van der Waals surface area contributed by atoms with Gasteiger partial charge < -0.3 is 29.3 Å². The summed E-state index contributed by atoms with van der Waals surface area (Å²) in [5.74, 6) is 0.962. The Bertz CT molecular complexity index is 1650. The van der Waals surface area contributed by atoms with Gasteiger partial charge in [0.25, 0.3) is 0 Å². The number of fused-ring (bicyclic) bond motifs is 8. The zero-order valence-corrected chi connectivity index (χ0v) is 29.5. The van der Waals surface area contributed by atoms with Gasteiger partial charge in [-0.3, -0.25) is 4.79 Å². The first-order valence-electron chi connectivity index (χ1n) is 17.4. The molecule has 4 atom stereocenters. The number of ketones is 1. The van der Waals surface area contributed by atoms with Gasteiger partial charge in [-0.2, -0.15) is 0 Å². The van der Waals surface area contributed by atoms with E-state index < -0.39 is 23.2 Å². The third kappa shape index (κ3) is 7.86. The van der Waals surface area contributed by atoms with Crippen LogP contribution in [0.25, 0.3) is 0 Å². The number of benzene rings is 3. The number of carbonyl (C=O) groups is 2. The maximum Gasteiger partial charge on any atom is 0.410 e. The highest BCUT2D eigenvalue weighted by Crippen LogP contribution is 2.59. The molecule has 2 N–H and O–H groups in total. The van der Waals surface area contributed by atoms with Gasteiger partial charge in [-0.05, 0) is 94.0 Å². The number of rotatable bonds is 9. The predicted octanol–water partition coefficient (Wildman–Crippen LogP) is 7.63. The van der Waals surface area contributed by atoms with Crippen LogP contribution in [0, 0.1) is 5.41 Å². The van der Waals surface area contributed by atoms with Crippen molar-refractivity contribution >= 4 is 11.9 Å². The fourth-order valence-corrected chi connectivity index (χ4v) is 7.85. The summed E-state index contributed by atoms with van der Waals surface area (Å²) < 4.78 is 16.6. The summed E-state index contributed by atoms with van der Waals surface area (Å²) in [6.45, 7) is 6.39. The van der Waals surface area contributed by atoms with Crippen LogP contribution < -0.4 is 9.47 Å². The number of amides is 1. The van der Waals surface area contributed by atoms with Crippen molar-refractivity contribution in [2.75, 3.05) is 27.4 Å². The standard InChI is InChI=1S/C41H51NO7/c1-6-49-39(45)42(26-31-16-18-33(47-4)25-37(31)48-5)27-41(46)22-20-36-34-19-15-29(24-35(34)38(44)30-12-8-7-9-13-30)23-32(43)17-14-28(2)11-10-21-40(36,41)3/h7-9,11-13,15-16,18-19,24-25,32,36,43,46H,6,10,14,17,20-23,26-27H2,1-5H3/t32-,36-,40-,41+/m0/s1. The molecule has 0 aliphatic heterocycles. The largest absolute Gasteiger partial charge is 0.497 e. The Balaban J connectivity index is 1.59. The molecule has 1 saturated carbocycles. The average Bonchev–Trinajstić information content (AvgIpc) is 3.35. The van der Waals surface area contributed by atoms with Gasteiger partial charge in [-0.25, -0.2) is 4.79 Å². The van der Waals surface area contributed by atoms with Crippen LogP contribution in [0.15, 0.2) is 78.4 Å². The number of allylic oxidation sites excluding steroid dienone is 2. The molecule has 0 aromatic heterocycles. The van der Waals surface area contributed by atoms with E-state index in [-0.39, 0.29) is 31.4 Å². The number of aliphatic hydroxyl groups is 2. The summed E-state index contributed by atoms with van der Waals surface area (Å²) in [4.78, 5) is 29.3. The zero-order chi connectivity index (χ0) is 35.2. The van der Waals surface area contributed by atoms with Crippen LogP contribution >= 0.6 is 0 Å². The molecule has 0 spiro atoms. The van der Waals surface area contributed by atoms with Crippen molar-refractivity contribution in [3.05, 3.63) is 106 Å². The fourth-order valence-electron chi connectivity index (χ4n) is 7.85. The van der Waals surface area contributed by atoms with Gasteiger partial charge in [0.15, 0.2) is 5.78 Å². The number of ether oxygens (including phenoxy) is 3. The van der Waals surface area contributed by atoms with E-state index in [2.05, 4.69) is 19.9 Å². The van der Waals surface area contributed by atoms with Crippen LogP contribution in [0.5, 0.6) is 11.5 Å². The number of nitrogens with zero attached hydrogens (tertiary/aromatic N) is 1. The van der Waals surface area contributed by atoms with Crippen LogP contribution in [0.2, 0.25) is 0 Å². The van der Waals surface area contributed by atoms with Crippen LogP contribution in [0.4, 0.5) is 4.79 Å². The summed E-state index contributed by atoms with van der Waals surface area (Å²) in [6, 6.07) is 20.7. The summed E-state index contributed by atoms with van der Waals surface area (Å²) in [5, 5.41) is 23.8. The Labute approximate surface area is 290 Å². The number of hydrogen-bond donors (Lipinski definition) is 2. The van der Waals surface area contributed by atoms with Crippen molar-refractivity contribution in [2.45, 2.75) is 89.9 Å². The third-order valence-electron chi connectivity index (χ3n) is 10.8. The topological polar surface area (TPSA) is 106 Å². The van der Waals surface area contributed by atoms with Crippen molar-refractivity contribution in [1.82, 2.24) is 4.90 Å². The van der Waals surface area contributed by atoms with Crippen LogP contribution in [0.3, 0.4) is 0 Å². The third-order valence-corrected chi connectivity index (χ3v) is 10.8. The van der Waals surface area contributed by atoms with Crippen LogP contribution in [-0.4, -0.2) is 66.1 Å². The van der Waals surface area contributed by atoms with Crippen molar-refractivity contribution in [1.29, 1.82) is 0 Å². The first-order valence-corrected chi connectivity index (χ1v) is 17.4. The van der Waals surface area contributed by atoms with E-state index in [0.29, 0.717) is 61.2 Å². The van der Waals surface area contributed by atoms with Crippen molar-refractivity contribution in [2.24, 2.45) is 5.41 Å². The minimum atomic E-state index is -1.30. The number of aliphatic hydroxyl groups excluding tert-OH is 1. The second kappa shape index (κ2) is 15.6. The van der Waals surface area contributed by atoms with E-state index in [9.17, 15) is 19.8 Å². The molecule has 2 bridgehead atoms. The molecule has 0 heterocycles. The minimum absolute atomic E-state index is 0.0446. The van der Waals surface area contributed by atoms with E-state index in [4.69, 9.17) is 14.2 Å². The number of carbonyl (C=O) groups excluding carboxylic acids is 2. The number of methoxy groups -OCH3 is 2. The maximum atomic E-state index is 14.2. The highest BCUT2D eigenvalue weighted by Gasteiger charge is 2.57. The van der Waals surface area contributed by atoms with E-state index in [1.54, 1.807) is 32.1 Å². The highest BCUT2D eigenvalue weighted by atomic mass is 16.6. The van der Waals surface area contributed by atoms with Crippen LogP contribution in [0.1, 0.15) is 97.8 Å². The SMILES string of the molecule is CCOC(=O)N(Cc1ccc(OC)cc1OC)C[C@]1(O)CC[C@H]2c3ccc(cc3C(=O)c3ccccc3)C[C@@H](O)CCC(C)=CCC[C@@]21C. The lowest BCUT2D eigenvalue weighted by Crippen LogP contribution is -2.53. The zero-order valence-electron chi connectivity index (χ0n) is 29.5. The molecule has 49 heavy (non-hydrogen) atoms. The Morgan fingerprint density at radius 1 is 0.980 bits per heavy atom. The molecule has 6 rings (SSSR count). The first-order chi connectivity index (χ1) is 23.5. The Kier molecular flexibility index (Phi) is 11.5. The quantitative estimate of drug-likeness (QED) is 0.178. The van der Waals surface area contributed by atoms with Crippen molar-refractivity contribution < 1.29 is 34.0 Å². The summed E-state index contributed by atoms with van der Waals surface area (Å²) in [7, 11) is 3.17. The van der Waals surface area contributed by atoms with Gasteiger partial charge in [0.1, 0.15) is 11.5 Å². The van der Waals surface area contributed by atoms with Crippen molar-refractivity contribution in [3.8, 4) is 11.5 Å². The van der Waals surface area contributed by atoms with Gasteiger partial charge in [0.05, 0.1) is 45.6 Å². The molecular weight excluding hydrogens is 618 g/mol. The monoisotopic (exact) mass is 669 g/mol. The average molecular weight is 670 g/mol. The predicted molar refractivity (Wildman–Crippen MR) is 190 cm³/mol. The molecule has 3 aromatic rings. The second-order valence-corrected chi connectivity index (χ2v) is 13.9. The molecule has 1 amide bonds. The van der Waals surface area contributed by atoms with E-state index in [1.807, 2.05) is 60.7 Å². The molecule has 1 fully saturated rings. The van der Waals surface area contributed by atoms with Gasteiger partial charge >= 0.3 is 6.09 Å². The Hall–Kier alpha value is -4.14. The molecule has 3 aliphatic rings. The lowest BCUT2D eigenvalue weighted by Gasteiger charge is -2.46. The molecule has 8 nitrogen and oxygen atoms in total. The molecule has 0 radical (unpaired) electrons. The summed E-state index contributed by atoms with van der Waals surface area (Å²) in [5.41, 5.74) is 2.95.